The van der Waals surface area contributed by atoms with Crippen LogP contribution in [0.2, 0.25) is 0 Å². The molecule has 26 heavy (non-hydrogen) atoms. The van der Waals surface area contributed by atoms with E-state index in [0.717, 1.165) is 37.5 Å². The van der Waals surface area contributed by atoms with E-state index in [1.54, 1.807) is 9.80 Å². The number of carbonyl (C=O) groups is 2. The van der Waals surface area contributed by atoms with E-state index in [-0.39, 0.29) is 12.1 Å². The SMILES string of the molecule is CN(C)C(=O)N(C)C1CCC(C2CCC(N(C)C(=O)N(C)C)CC2)CC1. The number of amides is 4. The minimum absolute atomic E-state index is 0.113. The molecule has 0 aromatic heterocycles. The van der Waals surface area contributed by atoms with Crippen molar-refractivity contribution in [2.75, 3.05) is 42.3 Å². The molecule has 2 saturated carbocycles. The third-order valence-electron chi connectivity index (χ3n) is 6.61. The first-order valence-electron chi connectivity index (χ1n) is 10.1. The number of nitrogens with zero attached hydrogens (tertiary/aromatic N) is 4. The quantitative estimate of drug-likeness (QED) is 0.769. The molecule has 6 nitrogen and oxygen atoms in total. The summed E-state index contributed by atoms with van der Waals surface area (Å²) in [5, 5.41) is 0. The van der Waals surface area contributed by atoms with E-state index < -0.39 is 0 Å². The summed E-state index contributed by atoms with van der Waals surface area (Å²) in [7, 11) is 11.2. The number of hydrogen-bond acceptors (Lipinski definition) is 2. The highest BCUT2D eigenvalue weighted by Gasteiger charge is 2.34. The maximum Gasteiger partial charge on any atom is 0.319 e. The summed E-state index contributed by atoms with van der Waals surface area (Å²) < 4.78 is 0. The molecule has 6 heteroatoms. The van der Waals surface area contributed by atoms with Crippen LogP contribution in [0.25, 0.3) is 0 Å². The van der Waals surface area contributed by atoms with Gasteiger partial charge >= 0.3 is 12.1 Å². The van der Waals surface area contributed by atoms with Crippen molar-refractivity contribution in [1.29, 1.82) is 0 Å². The Bertz CT molecular complexity index is 434. The van der Waals surface area contributed by atoms with Crippen LogP contribution in [0.1, 0.15) is 51.4 Å². The van der Waals surface area contributed by atoms with E-state index in [2.05, 4.69) is 0 Å². The lowest BCUT2D eigenvalue weighted by Crippen LogP contribution is -2.46. The van der Waals surface area contributed by atoms with Crippen molar-refractivity contribution in [2.45, 2.75) is 63.5 Å². The second-order valence-corrected chi connectivity index (χ2v) is 8.71. The largest absolute Gasteiger partial charge is 0.331 e. The molecule has 0 saturated heterocycles. The molecule has 0 radical (unpaired) electrons. The predicted octanol–water partition coefficient (Wildman–Crippen LogP) is 3.33. The molecule has 0 heterocycles. The third-order valence-corrected chi connectivity index (χ3v) is 6.61. The first-order chi connectivity index (χ1) is 12.2. The molecule has 0 aliphatic heterocycles. The molecule has 0 N–H and O–H groups in total. The van der Waals surface area contributed by atoms with Crippen LogP contribution in [0.4, 0.5) is 9.59 Å². The van der Waals surface area contributed by atoms with Crippen LogP contribution in [0.3, 0.4) is 0 Å². The number of hydrogen-bond donors (Lipinski definition) is 0. The minimum atomic E-state index is 0.113. The van der Waals surface area contributed by atoms with Gasteiger partial charge in [0, 0.05) is 54.4 Å². The van der Waals surface area contributed by atoms with Gasteiger partial charge in [-0.1, -0.05) is 0 Å². The van der Waals surface area contributed by atoms with Crippen LogP contribution in [-0.2, 0) is 0 Å². The zero-order chi connectivity index (χ0) is 19.4. The third kappa shape index (κ3) is 4.83. The van der Waals surface area contributed by atoms with Gasteiger partial charge in [-0.15, -0.1) is 0 Å². The Balaban J connectivity index is 1.78. The van der Waals surface area contributed by atoms with Crippen molar-refractivity contribution < 1.29 is 9.59 Å². The molecule has 2 fully saturated rings. The topological polar surface area (TPSA) is 47.1 Å². The second-order valence-electron chi connectivity index (χ2n) is 8.71. The van der Waals surface area contributed by atoms with Crippen LogP contribution in [0, 0.1) is 11.8 Å². The molecule has 2 aliphatic carbocycles. The van der Waals surface area contributed by atoms with E-state index in [4.69, 9.17) is 0 Å². The van der Waals surface area contributed by atoms with Crippen molar-refractivity contribution in [2.24, 2.45) is 11.8 Å². The molecule has 2 rings (SSSR count). The van der Waals surface area contributed by atoms with Gasteiger partial charge in [0.2, 0.25) is 0 Å². The molecular weight excluding hydrogens is 328 g/mol. The highest BCUT2D eigenvalue weighted by Crippen LogP contribution is 2.40. The fourth-order valence-electron chi connectivity index (χ4n) is 4.86. The van der Waals surface area contributed by atoms with Crippen LogP contribution < -0.4 is 0 Å². The van der Waals surface area contributed by atoms with Gasteiger partial charge < -0.3 is 19.6 Å². The highest BCUT2D eigenvalue weighted by atomic mass is 16.2. The monoisotopic (exact) mass is 366 g/mol. The molecule has 0 unspecified atom stereocenters. The predicted molar refractivity (Wildman–Crippen MR) is 105 cm³/mol. The van der Waals surface area contributed by atoms with Crippen LogP contribution in [0.5, 0.6) is 0 Å². The van der Waals surface area contributed by atoms with Gasteiger partial charge in [-0.05, 0) is 63.2 Å². The first kappa shape index (κ1) is 20.8. The van der Waals surface area contributed by atoms with E-state index in [1.165, 1.54) is 25.7 Å². The second kappa shape index (κ2) is 8.96. The summed E-state index contributed by atoms with van der Waals surface area (Å²) in [5.41, 5.74) is 0. The minimum Gasteiger partial charge on any atom is -0.331 e. The first-order valence-corrected chi connectivity index (χ1v) is 10.1. The van der Waals surface area contributed by atoms with Gasteiger partial charge in [0.05, 0.1) is 0 Å². The summed E-state index contributed by atoms with van der Waals surface area (Å²) >= 11 is 0. The van der Waals surface area contributed by atoms with Crippen molar-refractivity contribution in [3.8, 4) is 0 Å². The Morgan fingerprint density at radius 3 is 1.04 bits per heavy atom. The van der Waals surface area contributed by atoms with Gasteiger partial charge in [-0.3, -0.25) is 0 Å². The standard InChI is InChI=1S/C20H38N4O2/c1-21(2)19(25)23(5)17-11-7-15(8-12-17)16-9-13-18(14-10-16)24(6)20(26)22(3)4/h15-18H,7-14H2,1-6H3. The molecule has 2 aliphatic rings. The normalized spacial score (nSPS) is 29.0. The molecule has 0 aromatic carbocycles. The summed E-state index contributed by atoms with van der Waals surface area (Å²) in [6.07, 6.45) is 9.43. The van der Waals surface area contributed by atoms with Gasteiger partial charge in [0.25, 0.3) is 0 Å². The lowest BCUT2D eigenvalue weighted by atomic mass is 9.71. The van der Waals surface area contributed by atoms with Crippen LogP contribution in [-0.4, -0.2) is 86.0 Å². The molecule has 150 valence electrons. The van der Waals surface area contributed by atoms with Crippen LogP contribution in [0.15, 0.2) is 0 Å². The average Bonchev–Trinajstić information content (AvgIpc) is 2.65. The lowest BCUT2D eigenvalue weighted by Gasteiger charge is -2.42. The summed E-state index contributed by atoms with van der Waals surface area (Å²) in [5.74, 6) is 1.59. The molecule has 0 spiro atoms. The van der Waals surface area contributed by atoms with Gasteiger partial charge in [-0.2, -0.15) is 0 Å². The number of rotatable bonds is 3. The zero-order valence-electron chi connectivity index (χ0n) is 17.6. The van der Waals surface area contributed by atoms with E-state index >= 15 is 0 Å². The van der Waals surface area contributed by atoms with Crippen molar-refractivity contribution in [1.82, 2.24) is 19.6 Å². The summed E-state index contributed by atoms with van der Waals surface area (Å²) in [6.45, 7) is 0. The average molecular weight is 367 g/mol. The van der Waals surface area contributed by atoms with Gasteiger partial charge in [0.1, 0.15) is 0 Å². The highest BCUT2D eigenvalue weighted by molar-refractivity contribution is 5.74. The Morgan fingerprint density at radius 1 is 0.538 bits per heavy atom. The Hall–Kier alpha value is -1.46. The number of urea groups is 2. The zero-order valence-corrected chi connectivity index (χ0v) is 17.6. The van der Waals surface area contributed by atoms with Crippen LogP contribution >= 0.6 is 0 Å². The maximum absolute atomic E-state index is 12.1. The molecule has 0 bridgehead atoms. The smallest absolute Gasteiger partial charge is 0.319 e. The number of carbonyl (C=O) groups excluding carboxylic acids is 2. The Kier molecular flexibility index (Phi) is 7.18. The summed E-state index contributed by atoms with van der Waals surface area (Å²) in [4.78, 5) is 31.5. The van der Waals surface area contributed by atoms with E-state index in [0.29, 0.717) is 12.1 Å². The van der Waals surface area contributed by atoms with Crippen molar-refractivity contribution in [3.63, 3.8) is 0 Å². The van der Waals surface area contributed by atoms with Gasteiger partial charge in [-0.25, -0.2) is 9.59 Å². The molecule has 4 amide bonds. The Morgan fingerprint density at radius 2 is 0.808 bits per heavy atom. The fourth-order valence-corrected chi connectivity index (χ4v) is 4.86. The van der Waals surface area contributed by atoms with E-state index in [1.807, 2.05) is 52.1 Å². The Labute approximate surface area is 159 Å². The fraction of sp³-hybridized carbons (Fsp3) is 0.900. The summed E-state index contributed by atoms with van der Waals surface area (Å²) in [6, 6.07) is 1.01. The maximum atomic E-state index is 12.1. The van der Waals surface area contributed by atoms with Crippen molar-refractivity contribution >= 4 is 12.1 Å². The van der Waals surface area contributed by atoms with E-state index in [9.17, 15) is 9.59 Å². The lowest BCUT2D eigenvalue weighted by molar-refractivity contribution is 0.0982. The van der Waals surface area contributed by atoms with Gasteiger partial charge in [0.15, 0.2) is 0 Å². The molecule has 0 atom stereocenters. The molecule has 0 aromatic rings. The van der Waals surface area contributed by atoms with Crippen molar-refractivity contribution in [3.05, 3.63) is 0 Å². The molecular formula is C20H38N4O2.